The number of halogens is 1. The van der Waals surface area contributed by atoms with Crippen molar-refractivity contribution in [2.75, 3.05) is 11.9 Å². The highest BCUT2D eigenvalue weighted by Gasteiger charge is 2.36. The van der Waals surface area contributed by atoms with E-state index < -0.39 is 0 Å². The second kappa shape index (κ2) is 5.32. The van der Waals surface area contributed by atoms with Crippen molar-refractivity contribution in [3.05, 3.63) is 29.8 Å². The van der Waals surface area contributed by atoms with Gasteiger partial charge in [-0.15, -0.1) is 12.4 Å². The molecule has 2 atom stereocenters. The van der Waals surface area contributed by atoms with E-state index in [9.17, 15) is 4.79 Å². The Balaban J connectivity index is 0.00000128. The van der Waals surface area contributed by atoms with Gasteiger partial charge in [0.2, 0.25) is 5.91 Å². The highest BCUT2D eigenvalue weighted by molar-refractivity contribution is 5.88. The Morgan fingerprint density at radius 2 is 2.31 bits per heavy atom. The summed E-state index contributed by atoms with van der Waals surface area (Å²) in [5, 5.41) is 2.79. The molecule has 0 aliphatic heterocycles. The molecule has 1 saturated carbocycles. The number of amides is 1. The topological polar surface area (TPSA) is 55.1 Å². The van der Waals surface area contributed by atoms with Gasteiger partial charge in [0.15, 0.2) is 0 Å². The summed E-state index contributed by atoms with van der Waals surface area (Å²) in [6.07, 6.45) is 1.18. The van der Waals surface area contributed by atoms with Gasteiger partial charge in [0, 0.05) is 12.6 Å². The molecule has 0 aromatic heterocycles. The van der Waals surface area contributed by atoms with Crippen LogP contribution in [0.5, 0.6) is 0 Å². The van der Waals surface area contributed by atoms with Crippen LogP contribution in [0, 0.1) is 5.92 Å². The van der Waals surface area contributed by atoms with E-state index in [0.717, 1.165) is 12.2 Å². The van der Waals surface area contributed by atoms with Crippen molar-refractivity contribution >= 4 is 24.0 Å². The molecule has 2 rings (SSSR count). The first-order valence-electron chi connectivity index (χ1n) is 5.28. The fourth-order valence-corrected chi connectivity index (χ4v) is 1.97. The minimum Gasteiger partial charge on any atom is -0.330 e. The van der Waals surface area contributed by atoms with Crippen molar-refractivity contribution in [2.45, 2.75) is 19.3 Å². The maximum atomic E-state index is 10.9. The SMILES string of the molecule is CC(=O)Nc1cccc(C2CC2CN)c1.Cl. The van der Waals surface area contributed by atoms with Crippen molar-refractivity contribution in [3.8, 4) is 0 Å². The number of nitrogens with one attached hydrogen (secondary N) is 1. The molecule has 3 N–H and O–H groups in total. The summed E-state index contributed by atoms with van der Waals surface area (Å²) in [4.78, 5) is 10.9. The molecule has 0 spiro atoms. The molecule has 1 aromatic rings. The quantitative estimate of drug-likeness (QED) is 0.851. The van der Waals surface area contributed by atoms with Gasteiger partial charge in [-0.05, 0) is 42.5 Å². The lowest BCUT2D eigenvalue weighted by Gasteiger charge is -2.04. The van der Waals surface area contributed by atoms with Crippen LogP contribution in [0.1, 0.15) is 24.8 Å². The summed E-state index contributed by atoms with van der Waals surface area (Å²) >= 11 is 0. The van der Waals surface area contributed by atoms with Crippen molar-refractivity contribution in [3.63, 3.8) is 0 Å². The zero-order valence-corrected chi connectivity index (χ0v) is 10.1. The summed E-state index contributed by atoms with van der Waals surface area (Å²) in [7, 11) is 0. The fourth-order valence-electron chi connectivity index (χ4n) is 1.97. The van der Waals surface area contributed by atoms with Gasteiger partial charge in [-0.25, -0.2) is 0 Å². The van der Waals surface area contributed by atoms with Crippen LogP contribution < -0.4 is 11.1 Å². The number of rotatable bonds is 3. The molecule has 3 nitrogen and oxygen atoms in total. The predicted octanol–water partition coefficient (Wildman–Crippen LogP) is 2.13. The van der Waals surface area contributed by atoms with Gasteiger partial charge in [-0.1, -0.05) is 12.1 Å². The van der Waals surface area contributed by atoms with Gasteiger partial charge >= 0.3 is 0 Å². The molecule has 1 aliphatic rings. The lowest BCUT2D eigenvalue weighted by Crippen LogP contribution is -2.06. The van der Waals surface area contributed by atoms with Crippen LogP contribution in [0.3, 0.4) is 0 Å². The average molecular weight is 241 g/mol. The average Bonchev–Trinajstić information content (AvgIpc) is 2.96. The number of benzene rings is 1. The van der Waals surface area contributed by atoms with Gasteiger partial charge in [0.25, 0.3) is 0 Å². The van der Waals surface area contributed by atoms with Crippen molar-refractivity contribution in [1.82, 2.24) is 0 Å². The summed E-state index contributed by atoms with van der Waals surface area (Å²) in [5.41, 5.74) is 7.78. The Bertz CT molecular complexity index is 381. The monoisotopic (exact) mass is 240 g/mol. The second-order valence-electron chi connectivity index (χ2n) is 4.14. The lowest BCUT2D eigenvalue weighted by molar-refractivity contribution is -0.114. The summed E-state index contributed by atoms with van der Waals surface area (Å²) in [6, 6.07) is 8.03. The Labute approximate surface area is 102 Å². The van der Waals surface area contributed by atoms with Crippen LogP contribution in [-0.4, -0.2) is 12.5 Å². The molecule has 1 aliphatic carbocycles. The van der Waals surface area contributed by atoms with Gasteiger partial charge in [0.05, 0.1) is 0 Å². The molecule has 0 heterocycles. The number of hydrogen-bond acceptors (Lipinski definition) is 2. The summed E-state index contributed by atoms with van der Waals surface area (Å²) < 4.78 is 0. The zero-order valence-electron chi connectivity index (χ0n) is 9.27. The van der Waals surface area contributed by atoms with E-state index in [1.807, 2.05) is 18.2 Å². The largest absolute Gasteiger partial charge is 0.330 e. The Kier molecular flexibility index (Phi) is 4.33. The number of anilines is 1. The Hall–Kier alpha value is -1.06. The van der Waals surface area contributed by atoms with E-state index in [1.165, 1.54) is 18.9 Å². The Morgan fingerprint density at radius 1 is 1.56 bits per heavy atom. The molecule has 1 fully saturated rings. The minimum atomic E-state index is -0.0293. The van der Waals surface area contributed by atoms with Gasteiger partial charge in [-0.3, -0.25) is 4.79 Å². The van der Waals surface area contributed by atoms with E-state index >= 15 is 0 Å². The summed E-state index contributed by atoms with van der Waals surface area (Å²) in [6.45, 7) is 2.28. The number of hydrogen-bond donors (Lipinski definition) is 2. The minimum absolute atomic E-state index is 0. The molecule has 2 unspecified atom stereocenters. The third-order valence-corrected chi connectivity index (χ3v) is 2.86. The highest BCUT2D eigenvalue weighted by atomic mass is 35.5. The molecule has 1 amide bonds. The smallest absolute Gasteiger partial charge is 0.221 e. The molecular formula is C12H17ClN2O. The standard InChI is InChI=1S/C12H16N2O.ClH/c1-8(15)14-11-4-2-3-9(5-11)12-6-10(12)7-13;/h2-5,10,12H,6-7,13H2,1H3,(H,14,15);1H. The van der Waals surface area contributed by atoms with E-state index in [0.29, 0.717) is 11.8 Å². The maximum absolute atomic E-state index is 10.9. The second-order valence-corrected chi connectivity index (χ2v) is 4.14. The number of carbonyl (C=O) groups excluding carboxylic acids is 1. The number of nitrogens with two attached hydrogens (primary N) is 1. The van der Waals surface area contributed by atoms with Crippen molar-refractivity contribution in [1.29, 1.82) is 0 Å². The first-order chi connectivity index (χ1) is 7.20. The van der Waals surface area contributed by atoms with Gasteiger partial charge in [0.1, 0.15) is 0 Å². The molecule has 0 bridgehead atoms. The first kappa shape index (κ1) is 13.0. The highest BCUT2D eigenvalue weighted by Crippen LogP contribution is 2.46. The molecule has 0 radical (unpaired) electrons. The van der Waals surface area contributed by atoms with E-state index in [-0.39, 0.29) is 18.3 Å². The third-order valence-electron chi connectivity index (χ3n) is 2.86. The zero-order chi connectivity index (χ0) is 10.8. The molecule has 4 heteroatoms. The van der Waals surface area contributed by atoms with Gasteiger partial charge in [-0.2, -0.15) is 0 Å². The molecule has 0 saturated heterocycles. The maximum Gasteiger partial charge on any atom is 0.221 e. The lowest BCUT2D eigenvalue weighted by atomic mass is 10.1. The predicted molar refractivity (Wildman–Crippen MR) is 67.9 cm³/mol. The molecule has 88 valence electrons. The van der Waals surface area contributed by atoms with Crippen LogP contribution in [0.4, 0.5) is 5.69 Å². The van der Waals surface area contributed by atoms with Crippen LogP contribution in [0.25, 0.3) is 0 Å². The van der Waals surface area contributed by atoms with Crippen molar-refractivity contribution < 1.29 is 4.79 Å². The summed E-state index contributed by atoms with van der Waals surface area (Å²) in [5.74, 6) is 1.21. The van der Waals surface area contributed by atoms with Crippen LogP contribution >= 0.6 is 12.4 Å². The van der Waals surface area contributed by atoms with Crippen LogP contribution in [0.15, 0.2) is 24.3 Å². The normalized spacial score (nSPS) is 22.1. The molecular weight excluding hydrogens is 224 g/mol. The van der Waals surface area contributed by atoms with E-state index in [4.69, 9.17) is 5.73 Å². The van der Waals surface area contributed by atoms with Crippen LogP contribution in [-0.2, 0) is 4.79 Å². The van der Waals surface area contributed by atoms with E-state index in [2.05, 4.69) is 11.4 Å². The fraction of sp³-hybridized carbons (Fsp3) is 0.417. The van der Waals surface area contributed by atoms with Crippen LogP contribution in [0.2, 0.25) is 0 Å². The van der Waals surface area contributed by atoms with Crippen molar-refractivity contribution in [2.24, 2.45) is 11.7 Å². The van der Waals surface area contributed by atoms with Gasteiger partial charge < -0.3 is 11.1 Å². The van der Waals surface area contributed by atoms with E-state index in [1.54, 1.807) is 0 Å². The Morgan fingerprint density at radius 3 is 2.88 bits per heavy atom. The third kappa shape index (κ3) is 2.97. The number of carbonyl (C=O) groups is 1. The molecule has 16 heavy (non-hydrogen) atoms. The molecule has 1 aromatic carbocycles. The first-order valence-corrected chi connectivity index (χ1v) is 5.28.